The monoisotopic (exact) mass is 229 g/mol. The third kappa shape index (κ3) is 2.71. The first-order chi connectivity index (χ1) is 8.17. The van der Waals surface area contributed by atoms with E-state index < -0.39 is 0 Å². The predicted octanol–water partition coefficient (Wildman–Crippen LogP) is 3.38. The number of benzene rings is 1. The normalized spacial score (nSPS) is 21.5. The van der Waals surface area contributed by atoms with Gasteiger partial charge < -0.3 is 5.32 Å². The van der Waals surface area contributed by atoms with Crippen molar-refractivity contribution >= 4 is 0 Å². The molecule has 1 heteroatoms. The molecule has 0 amide bonds. The molecule has 1 aromatic rings. The number of aryl methyl sites for hydroxylation is 2. The Morgan fingerprint density at radius 2 is 1.94 bits per heavy atom. The fraction of sp³-hybridized carbons (Fsp3) is 0.625. The van der Waals surface area contributed by atoms with E-state index in [1.165, 1.54) is 55.3 Å². The minimum Gasteiger partial charge on any atom is -0.313 e. The van der Waals surface area contributed by atoms with Crippen molar-refractivity contribution in [2.75, 3.05) is 6.54 Å². The molecule has 0 heterocycles. The van der Waals surface area contributed by atoms with Crippen LogP contribution in [0.5, 0.6) is 0 Å². The molecule has 2 fully saturated rings. The molecule has 0 aliphatic heterocycles. The van der Waals surface area contributed by atoms with Crippen LogP contribution in [0.25, 0.3) is 0 Å². The van der Waals surface area contributed by atoms with Crippen molar-refractivity contribution < 1.29 is 0 Å². The highest BCUT2D eigenvalue weighted by Crippen LogP contribution is 2.48. The molecule has 2 saturated carbocycles. The number of nitrogens with one attached hydrogen (secondary N) is 1. The van der Waals surface area contributed by atoms with E-state index in [0.717, 1.165) is 6.04 Å². The summed E-state index contributed by atoms with van der Waals surface area (Å²) < 4.78 is 0. The average molecular weight is 229 g/mol. The van der Waals surface area contributed by atoms with Gasteiger partial charge in [0.2, 0.25) is 0 Å². The second-order valence-corrected chi connectivity index (χ2v) is 6.25. The molecule has 1 N–H and O–H groups in total. The molecule has 2 aliphatic carbocycles. The van der Waals surface area contributed by atoms with Crippen molar-refractivity contribution in [3.63, 3.8) is 0 Å². The third-order valence-electron chi connectivity index (χ3n) is 4.45. The van der Waals surface area contributed by atoms with Crippen molar-refractivity contribution in [2.24, 2.45) is 5.41 Å². The van der Waals surface area contributed by atoms with Gasteiger partial charge in [0.1, 0.15) is 0 Å². The molecule has 0 spiro atoms. The number of rotatable bonds is 5. The van der Waals surface area contributed by atoms with Crippen molar-refractivity contribution in [3.8, 4) is 0 Å². The molecule has 0 radical (unpaired) electrons. The summed E-state index contributed by atoms with van der Waals surface area (Å²) in [6.07, 6.45) is 6.91. The van der Waals surface area contributed by atoms with Gasteiger partial charge in [0.15, 0.2) is 0 Å². The van der Waals surface area contributed by atoms with Crippen LogP contribution in [0.4, 0.5) is 0 Å². The summed E-state index contributed by atoms with van der Waals surface area (Å²) in [6, 6.07) is 7.83. The Hall–Kier alpha value is -0.820. The van der Waals surface area contributed by atoms with E-state index in [1.807, 2.05) is 0 Å². The minimum atomic E-state index is 0.601. The molecule has 0 unspecified atom stereocenters. The van der Waals surface area contributed by atoms with E-state index in [4.69, 9.17) is 0 Å². The Morgan fingerprint density at radius 1 is 1.18 bits per heavy atom. The summed E-state index contributed by atoms with van der Waals surface area (Å²) in [4.78, 5) is 0. The highest BCUT2D eigenvalue weighted by Gasteiger charge is 2.43. The lowest BCUT2D eigenvalue weighted by Gasteiger charge is -2.16. The topological polar surface area (TPSA) is 12.0 Å². The van der Waals surface area contributed by atoms with Crippen LogP contribution in [0.3, 0.4) is 0 Å². The first kappa shape index (κ1) is 11.3. The second kappa shape index (κ2) is 4.13. The van der Waals surface area contributed by atoms with Crippen LogP contribution in [0.1, 0.15) is 42.4 Å². The van der Waals surface area contributed by atoms with Crippen molar-refractivity contribution in [1.29, 1.82) is 0 Å². The molecule has 0 aromatic heterocycles. The van der Waals surface area contributed by atoms with Gasteiger partial charge >= 0.3 is 0 Å². The van der Waals surface area contributed by atoms with Crippen LogP contribution in [0.15, 0.2) is 18.2 Å². The van der Waals surface area contributed by atoms with E-state index in [2.05, 4.69) is 37.4 Å². The summed E-state index contributed by atoms with van der Waals surface area (Å²) in [7, 11) is 0. The first-order valence-corrected chi connectivity index (χ1v) is 6.96. The van der Waals surface area contributed by atoms with Crippen molar-refractivity contribution in [3.05, 3.63) is 34.9 Å². The molecule has 2 aliphatic rings. The predicted molar refractivity (Wildman–Crippen MR) is 72.3 cm³/mol. The summed E-state index contributed by atoms with van der Waals surface area (Å²) in [5, 5.41) is 3.71. The van der Waals surface area contributed by atoms with E-state index >= 15 is 0 Å². The quantitative estimate of drug-likeness (QED) is 0.816. The van der Waals surface area contributed by atoms with Crippen LogP contribution in [-0.2, 0) is 6.42 Å². The van der Waals surface area contributed by atoms with Crippen LogP contribution in [-0.4, -0.2) is 12.6 Å². The molecule has 1 aromatic carbocycles. The fourth-order valence-corrected chi connectivity index (χ4v) is 2.59. The Morgan fingerprint density at radius 3 is 2.53 bits per heavy atom. The zero-order valence-corrected chi connectivity index (χ0v) is 11.1. The SMILES string of the molecule is Cc1ccc(CC2(CNC3CC3)CC2)cc1C. The number of hydrogen-bond acceptors (Lipinski definition) is 1. The summed E-state index contributed by atoms with van der Waals surface area (Å²) in [6.45, 7) is 5.66. The average Bonchev–Trinajstić information content (AvgIpc) is 3.17. The first-order valence-electron chi connectivity index (χ1n) is 6.96. The maximum Gasteiger partial charge on any atom is 0.00684 e. The highest BCUT2D eigenvalue weighted by molar-refractivity contribution is 5.31. The molecule has 0 saturated heterocycles. The van der Waals surface area contributed by atoms with Crippen LogP contribution in [0.2, 0.25) is 0 Å². The summed E-state index contributed by atoms with van der Waals surface area (Å²) in [5.41, 5.74) is 4.98. The Balaban J connectivity index is 1.62. The standard InChI is InChI=1S/C16H23N/c1-12-3-4-14(9-13(12)2)10-16(7-8-16)11-17-15-5-6-15/h3-4,9,15,17H,5-8,10-11H2,1-2H3. The molecule has 1 nitrogen and oxygen atoms in total. The van der Waals surface area contributed by atoms with E-state index in [1.54, 1.807) is 0 Å². The molecule has 0 atom stereocenters. The van der Waals surface area contributed by atoms with Gasteiger partial charge in [-0.25, -0.2) is 0 Å². The third-order valence-corrected chi connectivity index (χ3v) is 4.45. The molecule has 3 rings (SSSR count). The molecule has 17 heavy (non-hydrogen) atoms. The molecular weight excluding hydrogens is 206 g/mol. The van der Waals surface area contributed by atoms with Gasteiger partial charge in [-0.2, -0.15) is 0 Å². The van der Waals surface area contributed by atoms with E-state index in [-0.39, 0.29) is 0 Å². The Labute approximate surface area is 105 Å². The zero-order chi connectivity index (χ0) is 11.9. The second-order valence-electron chi connectivity index (χ2n) is 6.25. The van der Waals surface area contributed by atoms with Gasteiger partial charge in [0.05, 0.1) is 0 Å². The van der Waals surface area contributed by atoms with Crippen LogP contribution in [0, 0.1) is 19.3 Å². The van der Waals surface area contributed by atoms with Gasteiger partial charge in [-0.1, -0.05) is 18.2 Å². The minimum absolute atomic E-state index is 0.601. The van der Waals surface area contributed by atoms with Crippen LogP contribution < -0.4 is 5.32 Å². The Kier molecular flexibility index (Phi) is 2.74. The van der Waals surface area contributed by atoms with E-state index in [0.29, 0.717) is 5.41 Å². The molecule has 0 bridgehead atoms. The highest BCUT2D eigenvalue weighted by atomic mass is 15.0. The smallest absolute Gasteiger partial charge is 0.00684 e. The largest absolute Gasteiger partial charge is 0.313 e. The van der Waals surface area contributed by atoms with Gasteiger partial charge in [-0.15, -0.1) is 0 Å². The van der Waals surface area contributed by atoms with Crippen LogP contribution >= 0.6 is 0 Å². The van der Waals surface area contributed by atoms with Gasteiger partial charge in [-0.3, -0.25) is 0 Å². The zero-order valence-electron chi connectivity index (χ0n) is 11.1. The lowest BCUT2D eigenvalue weighted by Crippen LogP contribution is -2.27. The summed E-state index contributed by atoms with van der Waals surface area (Å²) >= 11 is 0. The van der Waals surface area contributed by atoms with E-state index in [9.17, 15) is 0 Å². The van der Waals surface area contributed by atoms with Gasteiger partial charge in [0.25, 0.3) is 0 Å². The Bertz CT molecular complexity index is 414. The lowest BCUT2D eigenvalue weighted by atomic mass is 9.94. The molecule has 92 valence electrons. The van der Waals surface area contributed by atoms with Crippen molar-refractivity contribution in [1.82, 2.24) is 5.32 Å². The number of hydrogen-bond donors (Lipinski definition) is 1. The molecular formula is C16H23N. The van der Waals surface area contributed by atoms with Gasteiger partial charge in [0, 0.05) is 12.6 Å². The van der Waals surface area contributed by atoms with Crippen molar-refractivity contribution in [2.45, 2.75) is 52.0 Å². The maximum absolute atomic E-state index is 3.71. The summed E-state index contributed by atoms with van der Waals surface area (Å²) in [5.74, 6) is 0. The fourth-order valence-electron chi connectivity index (χ4n) is 2.59. The lowest BCUT2D eigenvalue weighted by molar-refractivity contribution is 0.453. The van der Waals surface area contributed by atoms with Gasteiger partial charge in [-0.05, 0) is 68.1 Å². The maximum atomic E-state index is 3.71.